The highest BCUT2D eigenvalue weighted by atomic mass is 14.9. The number of nitrogens with zero attached hydrogens (tertiary/aromatic N) is 4. The minimum atomic E-state index is -0.250. The molecule has 10 rings (SSSR count). The normalized spacial score (nSPS) is 12.5. The van der Waals surface area contributed by atoms with Crippen LogP contribution in [0.5, 0.6) is 0 Å². The average Bonchev–Trinajstić information content (AvgIpc) is 3.52. The Hall–Kier alpha value is -7.48. The number of pyridine rings is 1. The highest BCUT2D eigenvalue weighted by Gasteiger charge is 2.37. The third-order valence-electron chi connectivity index (χ3n) is 11.4. The maximum Gasteiger partial charge on any atom is 0.160 e. The van der Waals surface area contributed by atoms with Crippen molar-refractivity contribution in [3.05, 3.63) is 199 Å². The molecule has 1 aliphatic rings. The molecule has 0 spiro atoms. The summed E-state index contributed by atoms with van der Waals surface area (Å²) in [6.45, 7) is 4.63. The molecule has 0 amide bonds. The van der Waals surface area contributed by atoms with Gasteiger partial charge in [0.2, 0.25) is 0 Å². The molecule has 9 aromatic rings. The Morgan fingerprint density at radius 3 is 1.81 bits per heavy atom. The van der Waals surface area contributed by atoms with Crippen LogP contribution in [0.4, 0.5) is 0 Å². The van der Waals surface area contributed by atoms with E-state index in [1.807, 2.05) is 54.9 Å². The fourth-order valence-corrected chi connectivity index (χ4v) is 8.47. The van der Waals surface area contributed by atoms with Gasteiger partial charge in [-0.25, -0.2) is 9.97 Å². The molecular formula is C53H36N4. The molecule has 57 heavy (non-hydrogen) atoms. The van der Waals surface area contributed by atoms with Crippen molar-refractivity contribution < 1.29 is 0 Å². The third-order valence-corrected chi connectivity index (χ3v) is 11.4. The summed E-state index contributed by atoms with van der Waals surface area (Å²) < 4.78 is 0. The van der Waals surface area contributed by atoms with Gasteiger partial charge in [-0.05, 0) is 109 Å². The van der Waals surface area contributed by atoms with E-state index in [1.54, 1.807) is 0 Å². The van der Waals surface area contributed by atoms with Crippen molar-refractivity contribution >= 4 is 10.8 Å². The Balaban J connectivity index is 1.12. The van der Waals surface area contributed by atoms with E-state index in [4.69, 9.17) is 9.97 Å². The SMILES string of the molecule is CC1(C)c2cc(-c3cc(-c4cccnc4)cc(-c4cc(-c5ccc(-c6ccccc6)cc5)nc(-c5ccccc5)n4)c3)ccc2-c2ccc3cc(C#N)ccc3c21. The lowest BCUT2D eigenvalue weighted by Gasteiger charge is -2.24. The van der Waals surface area contributed by atoms with Gasteiger partial charge in [0.1, 0.15) is 0 Å². The Bertz CT molecular complexity index is 3020. The van der Waals surface area contributed by atoms with Gasteiger partial charge in [0.15, 0.2) is 5.82 Å². The van der Waals surface area contributed by atoms with E-state index in [1.165, 1.54) is 33.2 Å². The summed E-state index contributed by atoms with van der Waals surface area (Å²) >= 11 is 0. The second-order valence-electron chi connectivity index (χ2n) is 15.2. The van der Waals surface area contributed by atoms with E-state index in [-0.39, 0.29) is 5.41 Å². The molecule has 0 fully saturated rings. The van der Waals surface area contributed by atoms with Crippen LogP contribution in [0.2, 0.25) is 0 Å². The minimum absolute atomic E-state index is 0.250. The molecule has 7 aromatic carbocycles. The van der Waals surface area contributed by atoms with E-state index < -0.39 is 0 Å². The molecule has 0 aliphatic heterocycles. The van der Waals surface area contributed by atoms with Crippen molar-refractivity contribution in [3.63, 3.8) is 0 Å². The summed E-state index contributed by atoms with van der Waals surface area (Å²) in [4.78, 5) is 14.9. The van der Waals surface area contributed by atoms with Gasteiger partial charge < -0.3 is 0 Å². The molecule has 0 bridgehead atoms. The van der Waals surface area contributed by atoms with E-state index in [9.17, 15) is 5.26 Å². The molecule has 0 atom stereocenters. The van der Waals surface area contributed by atoms with Crippen LogP contribution >= 0.6 is 0 Å². The molecule has 2 heterocycles. The van der Waals surface area contributed by atoms with Gasteiger partial charge in [0, 0.05) is 40.1 Å². The van der Waals surface area contributed by atoms with E-state index in [0.29, 0.717) is 11.4 Å². The quantitative estimate of drug-likeness (QED) is 0.171. The Labute approximate surface area is 332 Å². The number of hydrogen-bond acceptors (Lipinski definition) is 4. The van der Waals surface area contributed by atoms with Crippen molar-refractivity contribution in [2.75, 3.05) is 0 Å². The summed E-state index contributed by atoms with van der Waals surface area (Å²) in [5.41, 5.74) is 16.9. The number of fused-ring (bicyclic) bond motifs is 5. The van der Waals surface area contributed by atoms with Gasteiger partial charge in [-0.15, -0.1) is 0 Å². The van der Waals surface area contributed by atoms with Gasteiger partial charge in [-0.2, -0.15) is 5.26 Å². The summed E-state index contributed by atoms with van der Waals surface area (Å²) in [6, 6.07) is 61.8. The fourth-order valence-electron chi connectivity index (χ4n) is 8.47. The van der Waals surface area contributed by atoms with Crippen molar-refractivity contribution in [2.24, 2.45) is 0 Å². The Morgan fingerprint density at radius 2 is 1.09 bits per heavy atom. The van der Waals surface area contributed by atoms with Gasteiger partial charge in [0.25, 0.3) is 0 Å². The van der Waals surface area contributed by atoms with Crippen LogP contribution in [0.15, 0.2) is 182 Å². The first kappa shape index (κ1) is 34.0. The molecule has 0 saturated carbocycles. The molecule has 268 valence electrons. The van der Waals surface area contributed by atoms with Gasteiger partial charge in [-0.1, -0.05) is 135 Å². The summed E-state index contributed by atoms with van der Waals surface area (Å²) in [6.07, 6.45) is 3.73. The number of hydrogen-bond donors (Lipinski definition) is 0. The van der Waals surface area contributed by atoms with Gasteiger partial charge >= 0.3 is 0 Å². The molecular weight excluding hydrogens is 693 g/mol. The lowest BCUT2D eigenvalue weighted by molar-refractivity contribution is 0.666. The highest BCUT2D eigenvalue weighted by Crippen LogP contribution is 2.52. The number of rotatable bonds is 6. The van der Waals surface area contributed by atoms with Gasteiger partial charge in [-0.3, -0.25) is 4.98 Å². The zero-order valence-corrected chi connectivity index (χ0v) is 31.6. The van der Waals surface area contributed by atoms with Crippen LogP contribution in [0.1, 0.15) is 30.5 Å². The smallest absolute Gasteiger partial charge is 0.160 e. The molecule has 0 unspecified atom stereocenters. The van der Waals surface area contributed by atoms with Crippen LogP contribution in [0.25, 0.3) is 89.2 Å². The zero-order valence-electron chi connectivity index (χ0n) is 31.6. The molecule has 4 nitrogen and oxygen atoms in total. The number of aromatic nitrogens is 3. The summed E-state index contributed by atoms with van der Waals surface area (Å²) in [7, 11) is 0. The molecule has 0 saturated heterocycles. The first-order valence-electron chi connectivity index (χ1n) is 19.2. The van der Waals surface area contributed by atoms with Crippen molar-refractivity contribution in [3.8, 4) is 84.5 Å². The van der Waals surface area contributed by atoms with E-state index in [0.717, 1.165) is 61.3 Å². The van der Waals surface area contributed by atoms with Crippen LogP contribution in [-0.2, 0) is 5.41 Å². The maximum absolute atomic E-state index is 9.57. The Kier molecular flexibility index (Phi) is 8.17. The maximum atomic E-state index is 9.57. The predicted octanol–water partition coefficient (Wildman–Crippen LogP) is 13.2. The topological polar surface area (TPSA) is 62.5 Å². The predicted molar refractivity (Wildman–Crippen MR) is 232 cm³/mol. The van der Waals surface area contributed by atoms with E-state index >= 15 is 0 Å². The average molecular weight is 729 g/mol. The molecule has 0 radical (unpaired) electrons. The third kappa shape index (κ3) is 6.07. The van der Waals surface area contributed by atoms with Crippen molar-refractivity contribution in [1.29, 1.82) is 5.26 Å². The monoisotopic (exact) mass is 728 g/mol. The number of benzene rings is 7. The first-order valence-corrected chi connectivity index (χ1v) is 19.2. The van der Waals surface area contributed by atoms with Crippen LogP contribution in [-0.4, -0.2) is 15.0 Å². The second kappa shape index (κ2) is 13.7. The fraction of sp³-hybridized carbons (Fsp3) is 0.0566. The number of nitriles is 1. The molecule has 2 aromatic heterocycles. The van der Waals surface area contributed by atoms with Crippen molar-refractivity contribution in [1.82, 2.24) is 15.0 Å². The largest absolute Gasteiger partial charge is 0.264 e. The highest BCUT2D eigenvalue weighted by molar-refractivity contribution is 5.98. The lowest BCUT2D eigenvalue weighted by atomic mass is 9.79. The lowest BCUT2D eigenvalue weighted by Crippen LogP contribution is -2.15. The van der Waals surface area contributed by atoms with E-state index in [2.05, 4.69) is 152 Å². The molecule has 4 heteroatoms. The second-order valence-corrected chi connectivity index (χ2v) is 15.2. The minimum Gasteiger partial charge on any atom is -0.264 e. The Morgan fingerprint density at radius 1 is 0.474 bits per heavy atom. The van der Waals surface area contributed by atoms with Crippen molar-refractivity contribution in [2.45, 2.75) is 19.3 Å². The standard InChI is InChI=1S/C53H36N4/c1-53(2)48-30-39(20-23-46(48)47-24-21-40-26-34(32-54)15-22-45(40)51(47)53)42-27-43(41-14-9-25-55-33-41)29-44(28-42)50-31-49(56-52(57-50)38-12-7-4-8-13-38)37-18-16-36(17-19-37)35-10-5-3-6-11-35/h3-31,33H,1-2H3. The summed E-state index contributed by atoms with van der Waals surface area (Å²) in [5, 5.41) is 11.9. The molecule has 0 N–H and O–H groups in total. The molecule has 1 aliphatic carbocycles. The van der Waals surface area contributed by atoms with Crippen LogP contribution in [0.3, 0.4) is 0 Å². The first-order chi connectivity index (χ1) is 27.9. The summed E-state index contributed by atoms with van der Waals surface area (Å²) in [5.74, 6) is 0.676. The van der Waals surface area contributed by atoms with Crippen LogP contribution < -0.4 is 0 Å². The van der Waals surface area contributed by atoms with Gasteiger partial charge in [0.05, 0.1) is 23.0 Å². The van der Waals surface area contributed by atoms with Crippen LogP contribution in [0, 0.1) is 11.3 Å². The zero-order chi connectivity index (χ0) is 38.5.